The summed E-state index contributed by atoms with van der Waals surface area (Å²) >= 11 is 0. The average Bonchev–Trinajstić information content (AvgIpc) is 3.50. The Hall–Kier alpha value is -4.44. The summed E-state index contributed by atoms with van der Waals surface area (Å²) in [6, 6.07) is 3.64. The van der Waals surface area contributed by atoms with Gasteiger partial charge in [0, 0.05) is 58.1 Å². The Bertz CT molecular complexity index is 1610. The summed E-state index contributed by atoms with van der Waals surface area (Å²) < 4.78 is 0. The molecule has 3 heterocycles. The van der Waals surface area contributed by atoms with E-state index in [2.05, 4.69) is 30.4 Å². The van der Waals surface area contributed by atoms with E-state index in [1.54, 1.807) is 36.2 Å². The molecule has 1 fully saturated rings. The molecule has 1 saturated heterocycles. The van der Waals surface area contributed by atoms with E-state index in [9.17, 15) is 14.4 Å². The molecule has 15 heteroatoms. The first-order valence-corrected chi connectivity index (χ1v) is 16.4. The lowest BCUT2D eigenvalue weighted by Gasteiger charge is -2.27. The summed E-state index contributed by atoms with van der Waals surface area (Å²) in [7, 11) is 7.32. The Balaban J connectivity index is 0.000000272. The van der Waals surface area contributed by atoms with Crippen molar-refractivity contribution in [3.63, 3.8) is 0 Å². The summed E-state index contributed by atoms with van der Waals surface area (Å²) in [5, 5.41) is 11.7. The van der Waals surface area contributed by atoms with Crippen LogP contribution in [0.5, 0.6) is 0 Å². The van der Waals surface area contributed by atoms with E-state index in [0.717, 1.165) is 42.6 Å². The number of benzene rings is 1. The summed E-state index contributed by atoms with van der Waals surface area (Å²) in [4.78, 5) is 55.7. The molecule has 6 N–H and O–H groups in total. The first-order chi connectivity index (χ1) is 23.1. The Labute approximate surface area is 289 Å². The fraction of sp³-hybridized carbons (Fsp3) is 0.529. The second kappa shape index (κ2) is 17.8. The Morgan fingerprint density at radius 1 is 1.06 bits per heavy atom. The first kappa shape index (κ1) is 39.0. The molecule has 4 rings (SSSR count). The van der Waals surface area contributed by atoms with Gasteiger partial charge in [0.25, 0.3) is 5.91 Å². The third-order valence-corrected chi connectivity index (χ3v) is 8.04. The molecule has 268 valence electrons. The minimum atomic E-state index is -0.390. The van der Waals surface area contributed by atoms with Crippen molar-refractivity contribution in [1.82, 2.24) is 39.9 Å². The van der Waals surface area contributed by atoms with Gasteiger partial charge < -0.3 is 26.6 Å². The highest BCUT2D eigenvalue weighted by atomic mass is 16.7. The molecule has 1 aliphatic heterocycles. The van der Waals surface area contributed by atoms with Gasteiger partial charge in [0.15, 0.2) is 5.65 Å². The van der Waals surface area contributed by atoms with E-state index in [1.807, 2.05) is 58.8 Å². The number of anilines is 2. The zero-order chi connectivity index (χ0) is 36.3. The third-order valence-electron chi connectivity index (χ3n) is 8.04. The van der Waals surface area contributed by atoms with Crippen molar-refractivity contribution >= 4 is 40.3 Å². The second-order valence-electron chi connectivity index (χ2n) is 13.4. The quantitative estimate of drug-likeness (QED) is 0.125. The number of fused-ring (bicyclic) bond motifs is 1. The minimum Gasteiger partial charge on any atom is -0.383 e. The number of nitrogens with two attached hydrogens (primary N) is 2. The van der Waals surface area contributed by atoms with E-state index in [1.165, 1.54) is 12.7 Å². The molecule has 0 bridgehead atoms. The van der Waals surface area contributed by atoms with E-state index in [4.69, 9.17) is 16.3 Å². The van der Waals surface area contributed by atoms with Crippen LogP contribution in [0, 0.1) is 13.8 Å². The van der Waals surface area contributed by atoms with Crippen molar-refractivity contribution in [3.05, 3.63) is 53.0 Å². The number of aromatic nitrogens is 4. The van der Waals surface area contributed by atoms with E-state index in [-0.39, 0.29) is 28.9 Å². The van der Waals surface area contributed by atoms with Crippen LogP contribution >= 0.6 is 0 Å². The molecule has 0 aliphatic carbocycles. The lowest BCUT2D eigenvalue weighted by molar-refractivity contribution is -0.171. The maximum Gasteiger partial charge on any atom is 0.274 e. The van der Waals surface area contributed by atoms with Crippen molar-refractivity contribution in [2.75, 3.05) is 72.2 Å². The molecular formula is C34H53N11O4. The predicted octanol–water partition coefficient (Wildman–Crippen LogP) is 2.48. The smallest absolute Gasteiger partial charge is 0.274 e. The number of carbonyl (C=O) groups excluding carboxylic acids is 3. The number of H-pyrrole nitrogens is 1. The predicted molar refractivity (Wildman–Crippen MR) is 191 cm³/mol. The van der Waals surface area contributed by atoms with E-state index < -0.39 is 5.91 Å². The van der Waals surface area contributed by atoms with Crippen molar-refractivity contribution < 1.29 is 19.2 Å². The van der Waals surface area contributed by atoms with Gasteiger partial charge in [-0.1, -0.05) is 12.1 Å². The van der Waals surface area contributed by atoms with E-state index in [0.29, 0.717) is 43.0 Å². The Kier molecular flexibility index (Phi) is 14.2. The van der Waals surface area contributed by atoms with Crippen LogP contribution in [0.2, 0.25) is 0 Å². The van der Waals surface area contributed by atoms with Gasteiger partial charge in [0.2, 0.25) is 11.8 Å². The van der Waals surface area contributed by atoms with Gasteiger partial charge in [0.1, 0.15) is 17.8 Å². The van der Waals surface area contributed by atoms with Crippen molar-refractivity contribution in [3.8, 4) is 0 Å². The van der Waals surface area contributed by atoms with Crippen LogP contribution in [0.25, 0.3) is 11.0 Å². The molecule has 1 aromatic carbocycles. The van der Waals surface area contributed by atoms with Crippen molar-refractivity contribution in [2.45, 2.75) is 58.9 Å². The summed E-state index contributed by atoms with van der Waals surface area (Å²) in [5.74, 6) is -0.0563. The van der Waals surface area contributed by atoms with Crippen molar-refractivity contribution in [2.24, 2.45) is 5.73 Å². The number of hydroxylamine groups is 2. The van der Waals surface area contributed by atoms with Crippen LogP contribution in [0.3, 0.4) is 0 Å². The monoisotopic (exact) mass is 679 g/mol. The number of rotatable bonds is 12. The zero-order valence-electron chi connectivity index (χ0n) is 30.2. The summed E-state index contributed by atoms with van der Waals surface area (Å²) in [5.41, 5.74) is 15.3. The topological polar surface area (TPSA) is 192 Å². The highest BCUT2D eigenvalue weighted by molar-refractivity contribution is 6.13. The standard InChI is InChI=1S/C18H21N7O2.C16H32N4O2/c1-9-10(2)12(6-5-11(9)7-13(26)25(3)4)22-18(27)15-14-16(19)20-8-21-17(14)24-23-15;1-16(2,17)13-22-19(4)14-18(3)10-8-9-15(21)20-11-6-5-7-12-20/h5-6,8H,7H2,1-4H3,(H,22,27)(H3,19,20,21,23,24);8-9H,5-7,10-14,17H2,1-4H3/b;9-8+. The summed E-state index contributed by atoms with van der Waals surface area (Å²) in [6.07, 6.45) is 8.69. The Morgan fingerprint density at radius 3 is 2.41 bits per heavy atom. The van der Waals surface area contributed by atoms with Crippen LogP contribution in [-0.2, 0) is 20.8 Å². The molecule has 0 saturated carbocycles. The Morgan fingerprint density at radius 2 is 1.76 bits per heavy atom. The van der Waals surface area contributed by atoms with Crippen LogP contribution in [0.4, 0.5) is 11.5 Å². The number of hydrogen-bond acceptors (Lipinski definition) is 11. The zero-order valence-corrected chi connectivity index (χ0v) is 30.2. The number of carbonyl (C=O) groups is 3. The van der Waals surface area contributed by atoms with Crippen LogP contribution in [0.15, 0.2) is 30.6 Å². The lowest BCUT2D eigenvalue weighted by Crippen LogP contribution is -2.42. The average molecular weight is 680 g/mol. The normalized spacial score (nSPS) is 13.6. The highest BCUT2D eigenvalue weighted by Crippen LogP contribution is 2.25. The molecule has 49 heavy (non-hydrogen) atoms. The maximum atomic E-state index is 12.7. The molecule has 0 atom stereocenters. The molecule has 0 radical (unpaired) electrons. The van der Waals surface area contributed by atoms with Crippen LogP contribution in [0.1, 0.15) is 60.3 Å². The second-order valence-corrected chi connectivity index (χ2v) is 13.4. The number of likely N-dealkylation sites (N-methyl/N-ethyl adjacent to an activating group) is 2. The third kappa shape index (κ3) is 11.9. The van der Waals surface area contributed by atoms with Crippen molar-refractivity contribution in [1.29, 1.82) is 0 Å². The molecule has 15 nitrogen and oxygen atoms in total. The van der Waals surface area contributed by atoms with E-state index >= 15 is 0 Å². The summed E-state index contributed by atoms with van der Waals surface area (Å²) in [6.45, 7) is 11.3. The number of aromatic amines is 1. The molecule has 3 amide bonds. The lowest BCUT2D eigenvalue weighted by atomic mass is 9.98. The molecular weight excluding hydrogens is 626 g/mol. The van der Waals surface area contributed by atoms with Gasteiger partial charge >= 0.3 is 0 Å². The maximum absolute atomic E-state index is 12.7. The molecule has 1 aliphatic rings. The number of nitrogen functional groups attached to an aromatic ring is 1. The fourth-order valence-corrected chi connectivity index (χ4v) is 5.02. The number of hydrogen-bond donors (Lipinski definition) is 4. The minimum absolute atomic E-state index is 0.0219. The van der Waals surface area contributed by atoms with Gasteiger partial charge in [0.05, 0.1) is 25.1 Å². The van der Waals surface area contributed by atoms with Gasteiger partial charge in [-0.25, -0.2) is 9.97 Å². The first-order valence-electron chi connectivity index (χ1n) is 16.4. The van der Waals surface area contributed by atoms with Gasteiger partial charge in [-0.3, -0.25) is 29.2 Å². The molecule has 2 aromatic heterocycles. The molecule has 3 aromatic rings. The number of nitrogens with zero attached hydrogens (tertiary/aromatic N) is 7. The molecule has 0 spiro atoms. The molecule has 0 unspecified atom stereocenters. The van der Waals surface area contributed by atoms with Gasteiger partial charge in [-0.2, -0.15) is 10.2 Å². The van der Waals surface area contributed by atoms with Crippen LogP contribution in [-0.4, -0.2) is 124 Å². The number of nitrogens with one attached hydrogen (secondary N) is 2. The number of likely N-dealkylation sites (tertiary alicyclic amines) is 1. The SMILES string of the molecule is CN(C/C=C/C(=O)N1CCCCC1)CN(C)OCC(C)(C)N.Cc1c(CC(=O)N(C)C)ccc(NC(=O)c2[nH]nc3ncnc(N)c23)c1C. The largest absolute Gasteiger partial charge is 0.383 e. The van der Waals surface area contributed by atoms with Gasteiger partial charge in [-0.05, 0) is 76.8 Å². The van der Waals surface area contributed by atoms with Crippen LogP contribution < -0.4 is 16.8 Å². The fourth-order valence-electron chi connectivity index (χ4n) is 5.02. The highest BCUT2D eigenvalue weighted by Gasteiger charge is 2.20. The number of piperidine rings is 1. The number of amides is 3. The van der Waals surface area contributed by atoms with Gasteiger partial charge in [-0.15, -0.1) is 0 Å².